The number of rotatable bonds is 6. The Hall–Kier alpha value is -2.43. The van der Waals surface area contributed by atoms with Crippen molar-refractivity contribution in [1.29, 1.82) is 0 Å². The van der Waals surface area contributed by atoms with Gasteiger partial charge in [-0.1, -0.05) is 56.0 Å². The maximum absolute atomic E-state index is 12.0. The predicted octanol–water partition coefficient (Wildman–Crippen LogP) is 4.18. The molecule has 0 bridgehead atoms. The zero-order valence-electron chi connectivity index (χ0n) is 14.6. The van der Waals surface area contributed by atoms with Crippen LogP contribution >= 0.6 is 0 Å². The average molecular weight is 338 g/mol. The van der Waals surface area contributed by atoms with E-state index in [0.29, 0.717) is 18.3 Å². The van der Waals surface area contributed by atoms with Crippen LogP contribution in [0, 0.1) is 0 Å². The van der Waals surface area contributed by atoms with Gasteiger partial charge in [0, 0.05) is 12.5 Å². The van der Waals surface area contributed by atoms with Crippen LogP contribution in [0.4, 0.5) is 11.6 Å². The summed E-state index contributed by atoms with van der Waals surface area (Å²) < 4.78 is 0. The Morgan fingerprint density at radius 2 is 1.60 bits per heavy atom. The second-order valence-electron chi connectivity index (χ2n) is 6.67. The topological polar surface area (TPSA) is 66.9 Å². The molecule has 5 heteroatoms. The number of anilines is 2. The average Bonchev–Trinajstić information content (AvgIpc) is 2.91. The van der Waals surface area contributed by atoms with Gasteiger partial charge in [-0.3, -0.25) is 4.79 Å². The van der Waals surface area contributed by atoms with Crippen molar-refractivity contribution in [2.24, 2.45) is 0 Å². The normalized spacial score (nSPS) is 15.4. The monoisotopic (exact) mass is 338 g/mol. The van der Waals surface area contributed by atoms with Crippen molar-refractivity contribution in [1.82, 2.24) is 10.2 Å². The fraction of sp³-hybridized carbons (Fsp3) is 0.450. The third kappa shape index (κ3) is 5.85. The summed E-state index contributed by atoms with van der Waals surface area (Å²) in [5.41, 5.74) is 1.16. The molecule has 0 atom stereocenters. The first-order valence-electron chi connectivity index (χ1n) is 9.23. The molecule has 1 fully saturated rings. The van der Waals surface area contributed by atoms with Gasteiger partial charge in [0.2, 0.25) is 5.91 Å². The number of carbonyl (C=O) groups excluding carboxylic acids is 1. The van der Waals surface area contributed by atoms with Crippen LogP contribution < -0.4 is 10.6 Å². The van der Waals surface area contributed by atoms with Gasteiger partial charge in [0.1, 0.15) is 5.82 Å². The van der Waals surface area contributed by atoms with Crippen molar-refractivity contribution < 1.29 is 4.79 Å². The van der Waals surface area contributed by atoms with Crippen molar-refractivity contribution in [3.8, 4) is 0 Å². The molecule has 132 valence electrons. The van der Waals surface area contributed by atoms with Gasteiger partial charge in [0.25, 0.3) is 0 Å². The highest BCUT2D eigenvalue weighted by atomic mass is 16.1. The van der Waals surface area contributed by atoms with E-state index >= 15 is 0 Å². The van der Waals surface area contributed by atoms with Crippen molar-refractivity contribution >= 4 is 17.5 Å². The minimum absolute atomic E-state index is 0.0392. The third-order valence-electron chi connectivity index (χ3n) is 4.62. The van der Waals surface area contributed by atoms with E-state index in [4.69, 9.17) is 0 Å². The zero-order chi connectivity index (χ0) is 17.3. The maximum Gasteiger partial charge on any atom is 0.225 e. The minimum Gasteiger partial charge on any atom is -0.366 e. The van der Waals surface area contributed by atoms with Gasteiger partial charge in [-0.05, 0) is 37.0 Å². The van der Waals surface area contributed by atoms with E-state index in [0.717, 1.165) is 17.8 Å². The number of amides is 1. The molecule has 0 radical (unpaired) electrons. The van der Waals surface area contributed by atoms with E-state index in [1.807, 2.05) is 42.5 Å². The van der Waals surface area contributed by atoms with Crippen molar-refractivity contribution in [2.75, 3.05) is 10.6 Å². The molecule has 1 saturated carbocycles. The number of carbonyl (C=O) groups is 1. The van der Waals surface area contributed by atoms with Crippen LogP contribution in [0.1, 0.15) is 50.5 Å². The van der Waals surface area contributed by atoms with Crippen LogP contribution in [0.2, 0.25) is 0 Å². The minimum atomic E-state index is -0.0392. The summed E-state index contributed by atoms with van der Waals surface area (Å²) in [7, 11) is 0. The standard InChI is InChI=1S/C20H26N4O/c25-20(15-12-16-8-4-3-5-9-16)22-19-14-13-18(23-24-19)21-17-10-6-1-2-7-11-17/h3-5,8-9,13-14,17H,1-2,6-7,10-12,15H2,(H,21,23)(H,22,24,25). The number of aryl methyl sites for hydroxylation is 1. The lowest BCUT2D eigenvalue weighted by atomic mass is 10.1. The molecule has 0 spiro atoms. The highest BCUT2D eigenvalue weighted by molar-refractivity contribution is 5.89. The first-order chi connectivity index (χ1) is 12.3. The number of aromatic nitrogens is 2. The Morgan fingerprint density at radius 3 is 2.28 bits per heavy atom. The molecule has 3 rings (SSSR count). The Bertz CT molecular complexity index is 649. The number of benzene rings is 1. The number of hydrogen-bond donors (Lipinski definition) is 2. The van der Waals surface area contributed by atoms with E-state index < -0.39 is 0 Å². The van der Waals surface area contributed by atoms with E-state index in [9.17, 15) is 4.79 Å². The second-order valence-corrected chi connectivity index (χ2v) is 6.67. The summed E-state index contributed by atoms with van der Waals surface area (Å²) in [4.78, 5) is 12.0. The fourth-order valence-electron chi connectivity index (χ4n) is 3.22. The molecule has 2 N–H and O–H groups in total. The van der Waals surface area contributed by atoms with Crippen LogP contribution in [0.3, 0.4) is 0 Å². The first-order valence-corrected chi connectivity index (χ1v) is 9.23. The summed E-state index contributed by atoms with van der Waals surface area (Å²) in [5.74, 6) is 1.25. The van der Waals surface area contributed by atoms with Gasteiger partial charge in [-0.15, -0.1) is 10.2 Å². The van der Waals surface area contributed by atoms with E-state index in [1.165, 1.54) is 38.5 Å². The SMILES string of the molecule is O=C(CCc1ccccc1)Nc1ccc(NC2CCCCCC2)nn1. The molecular weight excluding hydrogens is 312 g/mol. The summed E-state index contributed by atoms with van der Waals surface area (Å²) in [6.45, 7) is 0. The van der Waals surface area contributed by atoms with Crippen molar-refractivity contribution in [3.05, 3.63) is 48.0 Å². The number of nitrogens with one attached hydrogen (secondary N) is 2. The largest absolute Gasteiger partial charge is 0.366 e. The molecule has 1 amide bonds. The third-order valence-corrected chi connectivity index (χ3v) is 4.62. The molecule has 1 aliphatic carbocycles. The molecule has 25 heavy (non-hydrogen) atoms. The van der Waals surface area contributed by atoms with Crippen molar-refractivity contribution in [3.63, 3.8) is 0 Å². The second kappa shape index (κ2) is 9.16. The molecule has 0 aliphatic heterocycles. The van der Waals surface area contributed by atoms with E-state index in [-0.39, 0.29) is 5.91 Å². The summed E-state index contributed by atoms with van der Waals surface area (Å²) in [6.07, 6.45) is 8.77. The van der Waals surface area contributed by atoms with E-state index in [2.05, 4.69) is 20.8 Å². The van der Waals surface area contributed by atoms with Gasteiger partial charge in [0.15, 0.2) is 5.82 Å². The van der Waals surface area contributed by atoms with Crippen LogP contribution in [0.25, 0.3) is 0 Å². The lowest BCUT2D eigenvalue weighted by Crippen LogP contribution is -2.19. The summed E-state index contributed by atoms with van der Waals surface area (Å²) in [6, 6.07) is 14.2. The highest BCUT2D eigenvalue weighted by Crippen LogP contribution is 2.20. The van der Waals surface area contributed by atoms with E-state index in [1.54, 1.807) is 0 Å². The molecule has 0 saturated heterocycles. The molecular formula is C20H26N4O. The Kier molecular flexibility index (Phi) is 6.37. The predicted molar refractivity (Wildman–Crippen MR) is 101 cm³/mol. The number of nitrogens with zero attached hydrogens (tertiary/aromatic N) is 2. The van der Waals surface area contributed by atoms with Crippen LogP contribution in [-0.2, 0) is 11.2 Å². The molecule has 1 aromatic carbocycles. The lowest BCUT2D eigenvalue weighted by molar-refractivity contribution is -0.116. The van der Waals surface area contributed by atoms with Crippen molar-refractivity contribution in [2.45, 2.75) is 57.4 Å². The zero-order valence-corrected chi connectivity index (χ0v) is 14.6. The van der Waals surface area contributed by atoms with Gasteiger partial charge in [0.05, 0.1) is 0 Å². The molecule has 1 heterocycles. The lowest BCUT2D eigenvalue weighted by Gasteiger charge is -2.16. The van der Waals surface area contributed by atoms with Crippen LogP contribution in [-0.4, -0.2) is 22.1 Å². The van der Waals surface area contributed by atoms with Gasteiger partial charge in [-0.25, -0.2) is 0 Å². The molecule has 5 nitrogen and oxygen atoms in total. The first kappa shape index (κ1) is 17.4. The van der Waals surface area contributed by atoms with Crippen LogP contribution in [0.5, 0.6) is 0 Å². The molecule has 1 aliphatic rings. The summed E-state index contributed by atoms with van der Waals surface area (Å²) in [5, 5.41) is 14.6. The van der Waals surface area contributed by atoms with Crippen LogP contribution in [0.15, 0.2) is 42.5 Å². The maximum atomic E-state index is 12.0. The quantitative estimate of drug-likeness (QED) is 0.775. The molecule has 0 unspecified atom stereocenters. The Morgan fingerprint density at radius 1 is 0.920 bits per heavy atom. The summed E-state index contributed by atoms with van der Waals surface area (Å²) >= 11 is 0. The van der Waals surface area contributed by atoms with Gasteiger partial charge in [-0.2, -0.15) is 0 Å². The van der Waals surface area contributed by atoms with Gasteiger partial charge >= 0.3 is 0 Å². The smallest absolute Gasteiger partial charge is 0.225 e. The molecule has 2 aromatic rings. The fourth-order valence-corrected chi connectivity index (χ4v) is 3.22. The number of hydrogen-bond acceptors (Lipinski definition) is 4. The Labute approximate surface area is 149 Å². The van der Waals surface area contributed by atoms with Gasteiger partial charge < -0.3 is 10.6 Å². The highest BCUT2D eigenvalue weighted by Gasteiger charge is 2.12. The Balaban J connectivity index is 1.46. The molecule has 1 aromatic heterocycles.